The summed E-state index contributed by atoms with van der Waals surface area (Å²) in [5.74, 6) is -12.0. The average Bonchev–Trinajstić information content (AvgIpc) is 4.04. The van der Waals surface area contributed by atoms with Crippen LogP contribution >= 0.6 is 12.6 Å². The largest absolute Gasteiger partial charge is 0.612 e. The zero-order valence-electron chi connectivity index (χ0n) is 42.9. The number of thiol groups is 1. The zero-order chi connectivity index (χ0) is 56.4. The van der Waals surface area contributed by atoms with Crippen molar-refractivity contribution in [2.45, 2.75) is 132 Å². The lowest BCUT2D eigenvalue weighted by molar-refractivity contribution is -0.144. The minimum absolute atomic E-state index is 0.0476. The van der Waals surface area contributed by atoms with Crippen LogP contribution in [0.2, 0.25) is 0 Å². The lowest BCUT2D eigenvalue weighted by Crippen LogP contribution is -2.62. The summed E-state index contributed by atoms with van der Waals surface area (Å²) in [6.45, 7) is 2.22. The first-order chi connectivity index (χ1) is 36.5. The van der Waals surface area contributed by atoms with Gasteiger partial charge in [0, 0.05) is 50.3 Å². The van der Waals surface area contributed by atoms with E-state index in [-0.39, 0.29) is 48.3 Å². The van der Waals surface area contributed by atoms with Crippen molar-refractivity contribution in [3.63, 3.8) is 0 Å². The number of amides is 11. The Morgan fingerprint density at radius 1 is 0.857 bits per heavy atom. The molecule has 2 fully saturated rings. The van der Waals surface area contributed by atoms with Gasteiger partial charge in [-0.25, -0.2) is 0 Å². The molecule has 1 aromatic carbocycles. The van der Waals surface area contributed by atoms with E-state index < -0.39 is 181 Å². The number of rotatable bonds is 14. The first kappa shape index (κ1) is 59.9. The number of nitrogens with one attached hydrogen (secondary N) is 7. The summed E-state index contributed by atoms with van der Waals surface area (Å²) >= 11 is 1.85. The lowest BCUT2D eigenvalue weighted by Gasteiger charge is -2.33. The van der Waals surface area contributed by atoms with Gasteiger partial charge < -0.3 is 72.5 Å². The summed E-state index contributed by atoms with van der Waals surface area (Å²) in [7, 11) is 0. The highest BCUT2D eigenvalue weighted by Crippen LogP contribution is 2.41. The SMILES string of the molecule is CC[C@H](C)[C@@H]1NC(=O)CNC(=O)[C@@H]2CC3=C(Cc4cc(OCCCCCN5C(=O)CC(S)C5=O)ccc43)[S+]([O-])C[C@H](NC(=O)CNC1=O)C(=O)N[C@@H](CC(N)=O)C(=O)N1C[C@H](O)C[C@H]1C(=O)N[C@@H]([C@@H](C)[C@@H](O)CO)C(=O)N2. The molecule has 2 saturated heterocycles. The first-order valence-electron chi connectivity index (χ1n) is 25.5. The third-order valence-electron chi connectivity index (χ3n) is 14.3. The number of hydrogen-bond donors (Lipinski definition) is 12. The molecule has 77 heavy (non-hydrogen) atoms. The Kier molecular flexibility index (Phi) is 20.9. The van der Waals surface area contributed by atoms with Crippen LogP contribution in [0.25, 0.3) is 5.57 Å². The second-order valence-corrected chi connectivity index (χ2v) is 22.0. The summed E-state index contributed by atoms with van der Waals surface area (Å²) in [6.07, 6.45) is -2.82. The Balaban J connectivity index is 1.43. The monoisotopic (exact) mass is 1120 g/mol. The number of ether oxygens (including phenoxy) is 1. The van der Waals surface area contributed by atoms with E-state index in [9.17, 15) is 68.1 Å². The van der Waals surface area contributed by atoms with Crippen LogP contribution in [0.3, 0.4) is 0 Å². The molecule has 0 spiro atoms. The van der Waals surface area contributed by atoms with Crippen molar-refractivity contribution >= 4 is 94.4 Å². The Hall–Kier alpha value is -6.33. The number of nitrogens with zero attached hydrogens (tertiary/aromatic N) is 2. The van der Waals surface area contributed by atoms with Gasteiger partial charge in [-0.15, -0.1) is 0 Å². The van der Waals surface area contributed by atoms with Gasteiger partial charge in [0.25, 0.3) is 0 Å². The number of hydrogen-bond acceptors (Lipinski definition) is 17. The molecule has 4 heterocycles. The summed E-state index contributed by atoms with van der Waals surface area (Å²) < 4.78 is 21.1. The second-order valence-electron chi connectivity index (χ2n) is 19.9. The Morgan fingerprint density at radius 3 is 2.22 bits per heavy atom. The van der Waals surface area contributed by atoms with Crippen molar-refractivity contribution in [3.8, 4) is 5.75 Å². The molecular weight excluding hydrogens is 1050 g/mol. The number of aliphatic hydroxyl groups excluding tert-OH is 3. The molecule has 0 radical (unpaired) electrons. The Bertz CT molecular complexity index is 2520. The molecule has 28 heteroatoms. The van der Waals surface area contributed by atoms with Crippen molar-refractivity contribution in [1.82, 2.24) is 47.0 Å². The molecule has 4 aliphatic heterocycles. The van der Waals surface area contributed by atoms with E-state index in [1.807, 2.05) is 0 Å². The molecule has 6 rings (SSSR count). The van der Waals surface area contributed by atoms with Crippen molar-refractivity contribution in [1.29, 1.82) is 0 Å². The highest BCUT2D eigenvalue weighted by atomic mass is 32.2. The average molecular weight is 1120 g/mol. The smallest absolute Gasteiger partial charge is 0.248 e. The minimum atomic E-state index is -2.30. The predicted octanol–water partition coefficient (Wildman–Crippen LogP) is -4.74. The maximum atomic E-state index is 15.0. The van der Waals surface area contributed by atoms with Gasteiger partial charge in [0.05, 0.1) is 50.2 Å². The van der Waals surface area contributed by atoms with Crippen molar-refractivity contribution in [2.24, 2.45) is 17.6 Å². The fourth-order valence-corrected chi connectivity index (χ4v) is 11.5. The van der Waals surface area contributed by atoms with Crippen LogP contribution in [0.1, 0.15) is 83.3 Å². The number of fused-ring (bicyclic) bond motifs is 5. The Morgan fingerprint density at radius 2 is 1.56 bits per heavy atom. The highest BCUT2D eigenvalue weighted by Gasteiger charge is 2.46. The number of allylic oxidation sites excluding steroid dienone is 1. The van der Waals surface area contributed by atoms with Crippen molar-refractivity contribution in [2.75, 3.05) is 45.1 Å². The number of likely N-dealkylation sites (tertiary alicyclic amines) is 1. The third-order valence-corrected chi connectivity index (χ3v) is 16.3. The molecule has 0 aromatic heterocycles. The number of aliphatic hydroxyl groups is 3. The van der Waals surface area contributed by atoms with Gasteiger partial charge in [-0.2, -0.15) is 12.6 Å². The molecule has 5 aliphatic rings. The third kappa shape index (κ3) is 15.0. The molecule has 11 amide bonds. The molecule has 2 bridgehead atoms. The van der Waals surface area contributed by atoms with E-state index in [2.05, 4.69) is 49.8 Å². The van der Waals surface area contributed by atoms with Crippen molar-refractivity contribution < 1.29 is 77.3 Å². The molecule has 12 atom stereocenters. The second kappa shape index (κ2) is 26.8. The number of benzene rings is 1. The van der Waals surface area contributed by atoms with Crippen LogP contribution in [-0.2, 0) is 70.3 Å². The van der Waals surface area contributed by atoms with Crippen LogP contribution < -0.4 is 47.7 Å². The van der Waals surface area contributed by atoms with E-state index in [0.29, 0.717) is 42.6 Å². The van der Waals surface area contributed by atoms with Gasteiger partial charge in [0.1, 0.15) is 46.6 Å². The molecule has 12 N–H and O–H groups in total. The quantitative estimate of drug-likeness (QED) is 0.0360. The topological polar surface area (TPSA) is 397 Å². The zero-order valence-corrected chi connectivity index (χ0v) is 44.6. The molecule has 1 aromatic rings. The van der Waals surface area contributed by atoms with E-state index >= 15 is 4.55 Å². The van der Waals surface area contributed by atoms with E-state index in [1.165, 1.54) is 11.8 Å². The first-order valence-corrected chi connectivity index (χ1v) is 27.3. The van der Waals surface area contributed by atoms with Crippen LogP contribution in [0.15, 0.2) is 23.1 Å². The predicted molar refractivity (Wildman–Crippen MR) is 275 cm³/mol. The van der Waals surface area contributed by atoms with Gasteiger partial charge in [0.2, 0.25) is 65.0 Å². The fraction of sp³-hybridized carbons (Fsp3) is 0.612. The number of carbonyl (C=O) groups is 11. The van der Waals surface area contributed by atoms with E-state index in [1.54, 1.807) is 32.0 Å². The summed E-state index contributed by atoms with van der Waals surface area (Å²) in [5.41, 5.74) is 6.69. The van der Waals surface area contributed by atoms with Gasteiger partial charge in [0.15, 0.2) is 6.04 Å². The van der Waals surface area contributed by atoms with Crippen molar-refractivity contribution in [3.05, 3.63) is 34.2 Å². The fourth-order valence-electron chi connectivity index (χ4n) is 9.71. The number of unbranched alkanes of at least 4 members (excludes halogenated alkanes) is 2. The lowest BCUT2D eigenvalue weighted by atomic mass is 9.93. The van der Waals surface area contributed by atoms with E-state index in [0.717, 1.165) is 4.90 Å². The summed E-state index contributed by atoms with van der Waals surface area (Å²) in [5, 5.41) is 48.4. The van der Waals surface area contributed by atoms with Gasteiger partial charge in [-0.3, -0.25) is 57.6 Å². The van der Waals surface area contributed by atoms with Crippen LogP contribution in [0, 0.1) is 11.8 Å². The maximum Gasteiger partial charge on any atom is 0.248 e. The highest BCUT2D eigenvalue weighted by molar-refractivity contribution is 7.95. The molecule has 0 saturated carbocycles. The molecule has 26 nitrogen and oxygen atoms in total. The molecular formula is C49H68N10O16S2. The standard InChI is InChI=1S/C49H68N10O16S2/c1-4-23(2)41-46(70)52-18-38(64)53-32-22-77(74)36-13-25-12-27(75-11-7-5-6-10-58-40(66)17-35(76)49(58)73)8-9-28(25)29(36)15-30(43(67)51-19-39(65)56-41)54-47(71)42(24(3)34(62)21-60)57-45(69)33-14-26(61)20-59(33)48(72)31(16-37(50)63)55-44(32)68/h8-9,12,23-24,26,30-35,41-42,60-62,76H,4-7,10-11,13-22H2,1-3H3,(H2,50,63)(H,51,67)(H,52,70)(H,53,64)(H,54,71)(H,55,68)(H,56,65)(H,57,69)/t23-,24-,26+,30-,31-,32-,33-,34-,35?,41-,42-,77?/m0/s1. The number of primary amides is 1. The number of carbonyl (C=O) groups excluding carboxylic acids is 11. The van der Waals surface area contributed by atoms with Crippen LogP contribution in [-0.4, -0.2) is 194 Å². The maximum absolute atomic E-state index is 15.0. The molecule has 1 aliphatic carbocycles. The van der Waals surface area contributed by atoms with Gasteiger partial charge >= 0.3 is 0 Å². The Labute approximate surface area is 452 Å². The van der Waals surface area contributed by atoms with Crippen LogP contribution in [0.5, 0.6) is 5.75 Å². The molecule has 2 unspecified atom stereocenters. The normalized spacial score (nSPS) is 28.4. The number of imide groups is 1. The molecule has 422 valence electrons. The summed E-state index contributed by atoms with van der Waals surface area (Å²) in [4.78, 5) is 152. The van der Waals surface area contributed by atoms with E-state index in [4.69, 9.17) is 10.5 Å². The van der Waals surface area contributed by atoms with Gasteiger partial charge in [-0.05, 0) is 59.6 Å². The van der Waals surface area contributed by atoms with Crippen LogP contribution in [0.4, 0.5) is 0 Å². The van der Waals surface area contributed by atoms with Gasteiger partial charge in [-0.1, -0.05) is 33.3 Å². The number of nitrogens with two attached hydrogens (primary N) is 1. The summed E-state index contributed by atoms with van der Waals surface area (Å²) in [6, 6.07) is -5.07. The minimum Gasteiger partial charge on any atom is -0.612 e.